The standard InChI is InChI=1S/C29H25N3O3.ClH/c1-34-29-22(17-33)16-20-9-3-6-12-24(20)28(29)27-23-11-5-2-8-19(23)14-15-26(27)35-18-21-10-4-7-13-25(21)32(30)31;/h2-17H,18,30-31H2,1H3;1H. The Morgan fingerprint density at radius 1 is 0.806 bits per heavy atom. The second-order valence-electron chi connectivity index (χ2n) is 8.20. The minimum Gasteiger partial charge on any atom is -0.495 e. The van der Waals surface area contributed by atoms with E-state index < -0.39 is 0 Å². The molecule has 0 aromatic heterocycles. The number of rotatable bonds is 7. The number of ether oxygens (including phenoxy) is 2. The average Bonchev–Trinajstić information content (AvgIpc) is 2.90. The normalized spacial score (nSPS) is 10.6. The Morgan fingerprint density at radius 2 is 1.44 bits per heavy atom. The number of nitrogens with two attached hydrogens (primary N) is 2. The van der Waals surface area contributed by atoms with E-state index in [0.717, 1.165) is 49.6 Å². The van der Waals surface area contributed by atoms with E-state index in [0.29, 0.717) is 22.7 Å². The van der Waals surface area contributed by atoms with Crippen molar-refractivity contribution in [3.63, 3.8) is 0 Å². The van der Waals surface area contributed by atoms with Crippen LogP contribution in [0.3, 0.4) is 0 Å². The van der Waals surface area contributed by atoms with Crippen molar-refractivity contribution >= 4 is 45.9 Å². The summed E-state index contributed by atoms with van der Waals surface area (Å²) in [6.07, 6.45) is 0.827. The summed E-state index contributed by atoms with van der Waals surface area (Å²) in [5.74, 6) is 12.8. The van der Waals surface area contributed by atoms with Crippen LogP contribution in [0, 0.1) is 0 Å². The van der Waals surface area contributed by atoms with Gasteiger partial charge >= 0.3 is 0 Å². The van der Waals surface area contributed by atoms with Gasteiger partial charge in [0, 0.05) is 16.7 Å². The molecule has 0 aliphatic rings. The van der Waals surface area contributed by atoms with Crippen LogP contribution in [0.25, 0.3) is 32.7 Å². The van der Waals surface area contributed by atoms with Crippen molar-refractivity contribution in [2.24, 2.45) is 11.7 Å². The Labute approximate surface area is 215 Å². The van der Waals surface area contributed by atoms with E-state index >= 15 is 0 Å². The fraction of sp³-hybridized carbons (Fsp3) is 0.0690. The monoisotopic (exact) mass is 499 g/mol. The second kappa shape index (κ2) is 10.7. The van der Waals surface area contributed by atoms with Crippen LogP contribution in [-0.2, 0) is 6.61 Å². The molecule has 4 N–H and O–H groups in total. The molecule has 5 rings (SSSR count). The number of carbonyl (C=O) groups is 1. The summed E-state index contributed by atoms with van der Waals surface area (Å²) in [5.41, 5.74) is 3.66. The van der Waals surface area contributed by atoms with Crippen molar-refractivity contribution < 1.29 is 14.3 Å². The summed E-state index contributed by atoms with van der Waals surface area (Å²) in [7, 11) is 1.58. The highest BCUT2D eigenvalue weighted by molar-refractivity contribution is 6.12. The van der Waals surface area contributed by atoms with E-state index in [2.05, 4.69) is 12.1 Å². The van der Waals surface area contributed by atoms with Gasteiger partial charge < -0.3 is 9.47 Å². The first kappa shape index (κ1) is 25.0. The van der Waals surface area contributed by atoms with Crippen molar-refractivity contribution in [1.82, 2.24) is 0 Å². The van der Waals surface area contributed by atoms with Crippen molar-refractivity contribution in [3.05, 3.63) is 102 Å². The van der Waals surface area contributed by atoms with Crippen LogP contribution in [0.1, 0.15) is 15.9 Å². The SMILES string of the molecule is COc1c(C=O)cc2ccccc2c1-c1c(OCc2ccccc2N(N)N)ccc2ccccc12.Cl. The number of carbonyl (C=O) groups excluding carboxylic acids is 1. The van der Waals surface area contributed by atoms with E-state index in [-0.39, 0.29) is 19.0 Å². The van der Waals surface area contributed by atoms with Crippen LogP contribution in [0.15, 0.2) is 91.0 Å². The highest BCUT2D eigenvalue weighted by Crippen LogP contribution is 2.46. The number of methoxy groups -OCH3 is 1. The average molecular weight is 500 g/mol. The van der Waals surface area contributed by atoms with Gasteiger partial charge in [-0.2, -0.15) is 0 Å². The van der Waals surface area contributed by atoms with Crippen molar-refractivity contribution in [1.29, 1.82) is 0 Å². The van der Waals surface area contributed by atoms with E-state index in [1.165, 1.54) is 0 Å². The van der Waals surface area contributed by atoms with E-state index in [9.17, 15) is 4.79 Å². The second-order valence-corrected chi connectivity index (χ2v) is 8.20. The van der Waals surface area contributed by atoms with Gasteiger partial charge in [-0.05, 0) is 39.7 Å². The molecule has 0 heterocycles. The number of fused-ring (bicyclic) bond motifs is 2. The van der Waals surface area contributed by atoms with Crippen LogP contribution in [0.4, 0.5) is 5.69 Å². The Morgan fingerprint density at radius 3 is 2.14 bits per heavy atom. The van der Waals surface area contributed by atoms with Crippen molar-refractivity contribution in [3.8, 4) is 22.6 Å². The molecule has 0 radical (unpaired) electrons. The lowest BCUT2D eigenvalue weighted by Gasteiger charge is -2.21. The molecule has 6 nitrogen and oxygen atoms in total. The summed E-state index contributed by atoms with van der Waals surface area (Å²) in [5, 5.41) is 5.03. The number of aldehydes is 1. The lowest BCUT2D eigenvalue weighted by atomic mass is 9.90. The number of halogens is 1. The smallest absolute Gasteiger partial charge is 0.153 e. The first-order chi connectivity index (χ1) is 17.1. The van der Waals surface area contributed by atoms with Gasteiger partial charge in [-0.1, -0.05) is 72.8 Å². The molecule has 0 saturated heterocycles. The zero-order valence-corrected chi connectivity index (χ0v) is 20.5. The highest BCUT2D eigenvalue weighted by Gasteiger charge is 2.21. The Bertz CT molecular complexity index is 1550. The van der Waals surface area contributed by atoms with Crippen LogP contribution in [-0.4, -0.2) is 13.4 Å². The third kappa shape index (κ3) is 4.45. The number of anilines is 1. The molecular formula is C29H26ClN3O3. The maximum absolute atomic E-state index is 12.0. The number of para-hydroxylation sites is 1. The van der Waals surface area contributed by atoms with Gasteiger partial charge in [-0.15, -0.1) is 12.4 Å². The van der Waals surface area contributed by atoms with Crippen molar-refractivity contribution in [2.75, 3.05) is 12.2 Å². The first-order valence-electron chi connectivity index (χ1n) is 11.2. The predicted octanol–water partition coefficient (Wildman–Crippen LogP) is 6.04. The summed E-state index contributed by atoms with van der Waals surface area (Å²) in [4.78, 5) is 12.0. The number of hydrazine groups is 2. The minimum atomic E-state index is 0. The maximum Gasteiger partial charge on any atom is 0.153 e. The fourth-order valence-electron chi connectivity index (χ4n) is 4.58. The number of hydrogen-bond donors (Lipinski definition) is 2. The maximum atomic E-state index is 12.0. The van der Waals surface area contributed by atoms with Crippen LogP contribution < -0.4 is 26.3 Å². The molecule has 0 amide bonds. The third-order valence-electron chi connectivity index (χ3n) is 6.16. The zero-order valence-electron chi connectivity index (χ0n) is 19.7. The largest absolute Gasteiger partial charge is 0.495 e. The van der Waals surface area contributed by atoms with Gasteiger partial charge in [0.2, 0.25) is 0 Å². The topological polar surface area (TPSA) is 90.8 Å². The first-order valence-corrected chi connectivity index (χ1v) is 11.2. The minimum absolute atomic E-state index is 0. The summed E-state index contributed by atoms with van der Waals surface area (Å²) < 4.78 is 12.2. The molecule has 0 aliphatic heterocycles. The summed E-state index contributed by atoms with van der Waals surface area (Å²) in [6.45, 7) is 0.250. The predicted molar refractivity (Wildman–Crippen MR) is 148 cm³/mol. The van der Waals surface area contributed by atoms with Gasteiger partial charge in [0.1, 0.15) is 18.1 Å². The van der Waals surface area contributed by atoms with Gasteiger partial charge in [0.15, 0.2) is 6.29 Å². The Balaban J connectivity index is 0.00000304. The molecule has 0 bridgehead atoms. The summed E-state index contributed by atoms with van der Waals surface area (Å²) in [6, 6.07) is 29.4. The fourth-order valence-corrected chi connectivity index (χ4v) is 4.58. The molecule has 5 aromatic carbocycles. The van der Waals surface area contributed by atoms with Gasteiger partial charge in [-0.3, -0.25) is 4.79 Å². The summed E-state index contributed by atoms with van der Waals surface area (Å²) >= 11 is 0. The van der Waals surface area contributed by atoms with Gasteiger partial charge in [0.25, 0.3) is 0 Å². The lowest BCUT2D eigenvalue weighted by Crippen LogP contribution is -2.38. The molecular weight excluding hydrogens is 474 g/mol. The number of hydrogen-bond acceptors (Lipinski definition) is 6. The number of benzene rings is 5. The third-order valence-corrected chi connectivity index (χ3v) is 6.16. The van der Waals surface area contributed by atoms with Crippen LogP contribution >= 0.6 is 12.4 Å². The molecule has 0 saturated carbocycles. The molecule has 36 heavy (non-hydrogen) atoms. The molecule has 0 aliphatic carbocycles. The molecule has 182 valence electrons. The van der Waals surface area contributed by atoms with Crippen LogP contribution in [0.5, 0.6) is 11.5 Å². The quantitative estimate of drug-likeness (QED) is 0.161. The Hall–Kier alpha value is -4.10. The molecule has 7 heteroatoms. The van der Waals surface area contributed by atoms with Crippen molar-refractivity contribution in [2.45, 2.75) is 6.61 Å². The number of nitrogens with zero attached hydrogens (tertiary/aromatic N) is 1. The lowest BCUT2D eigenvalue weighted by molar-refractivity contribution is 0.112. The van der Waals surface area contributed by atoms with Gasteiger partial charge in [-0.25, -0.2) is 16.8 Å². The van der Waals surface area contributed by atoms with E-state index in [4.69, 9.17) is 21.2 Å². The zero-order chi connectivity index (χ0) is 24.4. The highest BCUT2D eigenvalue weighted by atomic mass is 35.5. The molecule has 0 fully saturated rings. The molecule has 0 atom stereocenters. The molecule has 5 aromatic rings. The van der Waals surface area contributed by atoms with E-state index in [1.54, 1.807) is 7.11 Å². The van der Waals surface area contributed by atoms with Crippen LogP contribution in [0.2, 0.25) is 0 Å². The van der Waals surface area contributed by atoms with E-state index in [1.807, 2.05) is 78.9 Å². The Kier molecular flexibility index (Phi) is 7.41. The molecule has 0 unspecified atom stereocenters. The molecule has 0 spiro atoms. The van der Waals surface area contributed by atoms with Gasteiger partial charge in [0.05, 0.1) is 18.4 Å².